The van der Waals surface area contributed by atoms with Crippen LogP contribution in [0.25, 0.3) is 0 Å². The van der Waals surface area contributed by atoms with E-state index in [-0.39, 0.29) is 9.92 Å². The topological polar surface area (TPSA) is 64.8 Å². The van der Waals surface area contributed by atoms with Crippen LogP contribution in [-0.4, -0.2) is 23.4 Å². The SMILES string of the molecule is C=C/C=C/CCn1cc(S(=O)(=O)c2ccc(C)cc2)nn1. The molecule has 2 rings (SSSR count). The summed E-state index contributed by atoms with van der Waals surface area (Å²) in [6.07, 6.45) is 7.65. The van der Waals surface area contributed by atoms with Gasteiger partial charge in [0.15, 0.2) is 0 Å². The van der Waals surface area contributed by atoms with Crippen molar-refractivity contribution in [3.8, 4) is 0 Å². The molecule has 0 aliphatic heterocycles. The third-order valence-electron chi connectivity index (χ3n) is 2.92. The summed E-state index contributed by atoms with van der Waals surface area (Å²) in [5, 5.41) is 7.59. The number of rotatable bonds is 6. The van der Waals surface area contributed by atoms with Gasteiger partial charge >= 0.3 is 0 Å². The van der Waals surface area contributed by atoms with Crippen LogP contribution in [0.5, 0.6) is 0 Å². The maximum atomic E-state index is 12.4. The van der Waals surface area contributed by atoms with Crippen molar-refractivity contribution in [1.82, 2.24) is 15.0 Å². The predicted octanol–water partition coefficient (Wildman–Crippen LogP) is 2.55. The molecule has 0 saturated heterocycles. The zero-order valence-corrected chi connectivity index (χ0v) is 12.6. The van der Waals surface area contributed by atoms with Gasteiger partial charge in [-0.25, -0.2) is 8.42 Å². The molecule has 0 radical (unpaired) electrons. The molecule has 1 aromatic carbocycles. The zero-order valence-electron chi connectivity index (χ0n) is 11.8. The number of allylic oxidation sites excluding steroid dienone is 3. The van der Waals surface area contributed by atoms with Crippen molar-refractivity contribution in [2.24, 2.45) is 0 Å². The van der Waals surface area contributed by atoms with E-state index in [9.17, 15) is 8.42 Å². The zero-order chi connectivity index (χ0) is 15.3. The van der Waals surface area contributed by atoms with E-state index in [1.165, 1.54) is 10.9 Å². The maximum Gasteiger partial charge on any atom is 0.227 e. The number of aromatic nitrogens is 3. The van der Waals surface area contributed by atoms with Crippen molar-refractivity contribution in [1.29, 1.82) is 0 Å². The van der Waals surface area contributed by atoms with Gasteiger partial charge in [0.05, 0.1) is 11.1 Å². The number of sulfone groups is 1. The molecule has 6 heteroatoms. The third-order valence-corrected chi connectivity index (χ3v) is 4.55. The standard InChI is InChI=1S/C15H17N3O2S/c1-3-4-5-6-11-18-12-15(16-17-18)21(19,20)14-9-7-13(2)8-10-14/h3-5,7-10,12H,1,6,11H2,2H3/b5-4+. The van der Waals surface area contributed by atoms with Gasteiger partial charge in [0.1, 0.15) is 0 Å². The minimum Gasteiger partial charge on any atom is -0.251 e. The van der Waals surface area contributed by atoms with Gasteiger partial charge in [-0.3, -0.25) is 4.68 Å². The lowest BCUT2D eigenvalue weighted by Gasteiger charge is -2.00. The van der Waals surface area contributed by atoms with E-state index in [2.05, 4.69) is 16.9 Å². The van der Waals surface area contributed by atoms with Crippen molar-refractivity contribution < 1.29 is 8.42 Å². The second-order valence-electron chi connectivity index (χ2n) is 4.59. The van der Waals surface area contributed by atoms with Crippen molar-refractivity contribution in [3.63, 3.8) is 0 Å². The van der Waals surface area contributed by atoms with E-state index in [1.54, 1.807) is 30.3 Å². The van der Waals surface area contributed by atoms with Crippen LogP contribution in [0.1, 0.15) is 12.0 Å². The quantitative estimate of drug-likeness (QED) is 0.769. The monoisotopic (exact) mass is 303 g/mol. The van der Waals surface area contributed by atoms with Crippen LogP contribution < -0.4 is 0 Å². The molecule has 0 amide bonds. The Hall–Kier alpha value is -2.21. The molecule has 1 aromatic heterocycles. The Bertz CT molecular complexity index is 743. The molecule has 21 heavy (non-hydrogen) atoms. The van der Waals surface area contributed by atoms with Gasteiger partial charge in [-0.1, -0.05) is 47.7 Å². The number of nitrogens with zero attached hydrogens (tertiary/aromatic N) is 3. The first-order chi connectivity index (χ1) is 10.0. The predicted molar refractivity (Wildman–Crippen MR) is 80.6 cm³/mol. The molecule has 0 atom stereocenters. The van der Waals surface area contributed by atoms with E-state index in [1.807, 2.05) is 19.1 Å². The smallest absolute Gasteiger partial charge is 0.227 e. The molecule has 0 N–H and O–H groups in total. The molecule has 0 spiro atoms. The fourth-order valence-corrected chi connectivity index (χ4v) is 2.89. The first-order valence-electron chi connectivity index (χ1n) is 6.53. The molecule has 0 bridgehead atoms. The Balaban J connectivity index is 2.18. The normalized spacial score (nSPS) is 11.9. The van der Waals surface area contributed by atoms with Crippen LogP contribution >= 0.6 is 0 Å². The van der Waals surface area contributed by atoms with Crippen LogP contribution in [-0.2, 0) is 16.4 Å². The highest BCUT2D eigenvalue weighted by molar-refractivity contribution is 7.91. The van der Waals surface area contributed by atoms with Crippen LogP contribution in [0, 0.1) is 6.92 Å². The van der Waals surface area contributed by atoms with Gasteiger partial charge < -0.3 is 0 Å². The lowest BCUT2D eigenvalue weighted by atomic mass is 10.2. The lowest BCUT2D eigenvalue weighted by molar-refractivity contribution is 0.590. The first kappa shape index (κ1) is 15.2. The highest BCUT2D eigenvalue weighted by Gasteiger charge is 2.21. The molecule has 1 heterocycles. The summed E-state index contributed by atoms with van der Waals surface area (Å²) in [5.41, 5.74) is 1.01. The minimum absolute atomic E-state index is 0.0287. The summed E-state index contributed by atoms with van der Waals surface area (Å²) in [4.78, 5) is 0.228. The van der Waals surface area contributed by atoms with Crippen LogP contribution in [0.15, 0.2) is 65.2 Å². The van der Waals surface area contributed by atoms with Gasteiger partial charge in [0.25, 0.3) is 0 Å². The Kier molecular flexibility index (Phi) is 4.70. The van der Waals surface area contributed by atoms with Crippen molar-refractivity contribution in [2.45, 2.75) is 29.8 Å². The van der Waals surface area contributed by atoms with Crippen molar-refractivity contribution in [3.05, 3.63) is 60.8 Å². The minimum atomic E-state index is -3.60. The highest BCUT2D eigenvalue weighted by Crippen LogP contribution is 2.18. The number of aryl methyl sites for hydroxylation is 2. The van der Waals surface area contributed by atoms with Crippen molar-refractivity contribution >= 4 is 9.84 Å². The van der Waals surface area contributed by atoms with Gasteiger partial charge in [-0.2, -0.15) is 0 Å². The summed E-state index contributed by atoms with van der Waals surface area (Å²) in [5.74, 6) is 0. The fourth-order valence-electron chi connectivity index (χ4n) is 1.75. The van der Waals surface area contributed by atoms with E-state index in [0.717, 1.165) is 12.0 Å². The highest BCUT2D eigenvalue weighted by atomic mass is 32.2. The average Bonchev–Trinajstić information content (AvgIpc) is 2.94. The third kappa shape index (κ3) is 3.66. The molecule has 0 unspecified atom stereocenters. The molecule has 0 aliphatic rings. The Labute approximate surface area is 124 Å². The number of benzene rings is 1. The van der Waals surface area contributed by atoms with E-state index in [4.69, 9.17) is 0 Å². The first-order valence-corrected chi connectivity index (χ1v) is 8.02. The molecular weight excluding hydrogens is 286 g/mol. The Morgan fingerprint density at radius 1 is 1.29 bits per heavy atom. The Morgan fingerprint density at radius 2 is 2.00 bits per heavy atom. The summed E-state index contributed by atoms with van der Waals surface area (Å²) in [6.45, 7) is 6.06. The van der Waals surface area contributed by atoms with Crippen LogP contribution in [0.2, 0.25) is 0 Å². The largest absolute Gasteiger partial charge is 0.251 e. The molecule has 110 valence electrons. The lowest BCUT2D eigenvalue weighted by Crippen LogP contribution is -2.02. The molecule has 0 fully saturated rings. The fraction of sp³-hybridized carbons (Fsp3) is 0.200. The van der Waals surface area contributed by atoms with Gasteiger partial charge in [-0.15, -0.1) is 5.10 Å². The average molecular weight is 303 g/mol. The summed E-state index contributed by atoms with van der Waals surface area (Å²) in [6, 6.07) is 6.68. The van der Waals surface area contributed by atoms with Gasteiger partial charge in [0, 0.05) is 6.54 Å². The molecular formula is C15H17N3O2S. The summed E-state index contributed by atoms with van der Waals surface area (Å²) < 4.78 is 26.3. The molecule has 5 nitrogen and oxygen atoms in total. The molecule has 2 aromatic rings. The van der Waals surface area contributed by atoms with Gasteiger partial charge in [-0.05, 0) is 25.5 Å². The second-order valence-corrected chi connectivity index (χ2v) is 6.49. The molecule has 0 saturated carbocycles. The second kappa shape index (κ2) is 6.49. The molecule has 0 aliphatic carbocycles. The van der Waals surface area contributed by atoms with E-state index >= 15 is 0 Å². The summed E-state index contributed by atoms with van der Waals surface area (Å²) >= 11 is 0. The van der Waals surface area contributed by atoms with Crippen LogP contribution in [0.4, 0.5) is 0 Å². The van der Waals surface area contributed by atoms with Crippen LogP contribution in [0.3, 0.4) is 0 Å². The Morgan fingerprint density at radius 3 is 2.67 bits per heavy atom. The van der Waals surface area contributed by atoms with Crippen molar-refractivity contribution in [2.75, 3.05) is 0 Å². The van der Waals surface area contributed by atoms with E-state index < -0.39 is 9.84 Å². The maximum absolute atomic E-state index is 12.4. The number of hydrogen-bond acceptors (Lipinski definition) is 4. The van der Waals surface area contributed by atoms with E-state index in [0.29, 0.717) is 6.54 Å². The van der Waals surface area contributed by atoms with Gasteiger partial charge in [0.2, 0.25) is 14.9 Å². The number of hydrogen-bond donors (Lipinski definition) is 0. The summed E-state index contributed by atoms with van der Waals surface area (Å²) in [7, 11) is -3.60.